The van der Waals surface area contributed by atoms with Crippen molar-refractivity contribution < 1.29 is 24.5 Å². The number of nitrogens with zero attached hydrogens (tertiary/aromatic N) is 6. The maximum absolute atomic E-state index is 12.4. The van der Waals surface area contributed by atoms with Crippen LogP contribution in [-0.2, 0) is 23.0 Å². The van der Waals surface area contributed by atoms with Gasteiger partial charge in [0.25, 0.3) is 0 Å². The molecule has 1 amide bonds. The number of aromatic nitrogens is 4. The van der Waals surface area contributed by atoms with E-state index in [1.807, 2.05) is 76.0 Å². The van der Waals surface area contributed by atoms with E-state index in [0.717, 1.165) is 85.7 Å². The number of pyridine rings is 1. The molecule has 53 heavy (non-hydrogen) atoms. The second kappa shape index (κ2) is 15.0. The van der Waals surface area contributed by atoms with E-state index in [1.54, 1.807) is 37.0 Å². The molecule has 0 saturated carbocycles. The van der Waals surface area contributed by atoms with E-state index in [1.165, 1.54) is 0 Å². The Morgan fingerprint density at radius 1 is 1.02 bits per heavy atom. The lowest BCUT2D eigenvalue weighted by molar-refractivity contribution is -0.136. The molecule has 5 heterocycles. The van der Waals surface area contributed by atoms with E-state index >= 15 is 0 Å². The highest BCUT2D eigenvalue weighted by Gasteiger charge is 2.39. The number of carboxylic acid groups (broad SMARTS) is 1. The topological polar surface area (TPSA) is 134 Å². The van der Waals surface area contributed by atoms with Crippen molar-refractivity contribution in [1.29, 1.82) is 0 Å². The summed E-state index contributed by atoms with van der Waals surface area (Å²) in [6, 6.07) is 12.0. The summed E-state index contributed by atoms with van der Waals surface area (Å²) in [5.41, 5.74) is 6.11. The van der Waals surface area contributed by atoms with Crippen molar-refractivity contribution >= 4 is 56.3 Å². The highest BCUT2D eigenvalue weighted by molar-refractivity contribution is 7.22. The van der Waals surface area contributed by atoms with Gasteiger partial charge in [-0.15, -0.1) is 11.3 Å². The zero-order valence-electron chi connectivity index (χ0n) is 31.7. The number of benzene rings is 2. The summed E-state index contributed by atoms with van der Waals surface area (Å²) in [5, 5.41) is 25.7. The number of aliphatic hydroxyl groups is 1. The fourth-order valence-electron chi connectivity index (χ4n) is 6.94. The van der Waals surface area contributed by atoms with Crippen LogP contribution in [0.1, 0.15) is 77.1 Å². The van der Waals surface area contributed by atoms with Crippen LogP contribution in [0.3, 0.4) is 0 Å². The number of piperidine rings is 1. The maximum atomic E-state index is 12.4. The van der Waals surface area contributed by atoms with E-state index in [0.29, 0.717) is 30.1 Å². The summed E-state index contributed by atoms with van der Waals surface area (Å²) >= 11 is 7.75. The van der Waals surface area contributed by atoms with Crippen LogP contribution in [-0.4, -0.2) is 95.2 Å². The minimum absolute atomic E-state index is 0.0823. The third-order valence-corrected chi connectivity index (χ3v) is 10.8. The van der Waals surface area contributed by atoms with Crippen LogP contribution in [0.15, 0.2) is 42.6 Å². The number of rotatable bonds is 6. The third kappa shape index (κ3) is 9.00. The molecule has 0 aliphatic carbocycles. The number of halogens is 1. The van der Waals surface area contributed by atoms with Gasteiger partial charge in [-0.05, 0) is 115 Å². The average Bonchev–Trinajstić information content (AvgIpc) is 3.60. The van der Waals surface area contributed by atoms with Crippen LogP contribution in [0.2, 0.25) is 5.02 Å². The van der Waals surface area contributed by atoms with E-state index < -0.39 is 17.2 Å². The van der Waals surface area contributed by atoms with E-state index in [-0.39, 0.29) is 12.5 Å². The molecule has 2 fully saturated rings. The molecule has 0 radical (unpaired) electrons. The number of aliphatic carboxylic acids is 1. The van der Waals surface area contributed by atoms with Gasteiger partial charge in [0.15, 0.2) is 5.65 Å². The summed E-state index contributed by atoms with van der Waals surface area (Å²) in [5.74, 6) is -0.574. The number of likely N-dealkylation sites (tertiary alicyclic amines) is 2. The predicted molar refractivity (Wildman–Crippen MR) is 211 cm³/mol. The molecule has 0 bridgehead atoms. The van der Waals surface area contributed by atoms with Crippen LogP contribution in [0, 0.1) is 6.92 Å². The first kappa shape index (κ1) is 38.6. The van der Waals surface area contributed by atoms with Crippen molar-refractivity contribution in [2.45, 2.75) is 90.9 Å². The number of amides is 1. The first-order valence-corrected chi connectivity index (χ1v) is 19.2. The highest BCUT2D eigenvalue weighted by Crippen LogP contribution is 2.42. The number of carbonyl (C=O) groups excluding carboxylic acids is 1. The Balaban J connectivity index is 0.000000902. The average molecular weight is 761 g/mol. The van der Waals surface area contributed by atoms with Crippen LogP contribution in [0.5, 0.6) is 0 Å². The zero-order valence-corrected chi connectivity index (χ0v) is 33.3. The number of hydrogen-bond donors (Lipinski definition) is 2. The Bertz CT molecular complexity index is 2130. The summed E-state index contributed by atoms with van der Waals surface area (Å²) in [7, 11) is 1.94. The fraction of sp³-hybridized carbons (Fsp3) is 0.475. The van der Waals surface area contributed by atoms with Crippen molar-refractivity contribution in [2.75, 3.05) is 26.2 Å². The van der Waals surface area contributed by atoms with E-state index in [2.05, 4.69) is 11.0 Å². The molecular weight excluding hydrogens is 712 g/mol. The summed E-state index contributed by atoms with van der Waals surface area (Å²) < 4.78 is 8.33. The van der Waals surface area contributed by atoms with Crippen molar-refractivity contribution in [3.8, 4) is 21.7 Å². The standard InChI is InChI=1S/C36H39ClN6O4S.C4H10O/c1-20-14-28-32(30(26(20)16-29(44)45)21-6-8-24(37)9-7-21)48-34(39-28)23-15-27-31(40-41(5)33(27)38-17-23)22-10-12-42(13-11-22)25-18-43(19-25)35(46)47-36(2,3)4;1-4(2,3)5/h6-9,14-15,17,22,25H,10-13,16,18-19H2,1-5H3,(H,44,45);5H,1-3H3. The normalized spacial score (nSPS) is 16.1. The number of hydrogen-bond acceptors (Lipinski definition) is 9. The lowest BCUT2D eigenvalue weighted by Crippen LogP contribution is -2.62. The first-order valence-electron chi connectivity index (χ1n) is 18.0. The Kier molecular flexibility index (Phi) is 10.9. The van der Waals surface area contributed by atoms with Gasteiger partial charge in [-0.1, -0.05) is 23.7 Å². The van der Waals surface area contributed by atoms with Crippen LogP contribution in [0.4, 0.5) is 4.79 Å². The van der Waals surface area contributed by atoms with Gasteiger partial charge in [-0.3, -0.25) is 14.4 Å². The molecule has 0 spiro atoms. The Hall–Kier alpha value is -4.10. The van der Waals surface area contributed by atoms with Crippen molar-refractivity contribution in [2.24, 2.45) is 7.05 Å². The molecule has 2 aliphatic heterocycles. The molecule has 5 aromatic rings. The smallest absolute Gasteiger partial charge is 0.410 e. The van der Waals surface area contributed by atoms with Gasteiger partial charge in [0.2, 0.25) is 0 Å². The molecule has 7 rings (SSSR count). The van der Waals surface area contributed by atoms with Gasteiger partial charge in [-0.2, -0.15) is 5.10 Å². The highest BCUT2D eigenvalue weighted by atomic mass is 35.5. The molecule has 2 N–H and O–H groups in total. The Labute approximate surface area is 319 Å². The van der Waals surface area contributed by atoms with Gasteiger partial charge in [0.05, 0.1) is 27.9 Å². The molecule has 0 atom stereocenters. The molecule has 2 saturated heterocycles. The van der Waals surface area contributed by atoms with Gasteiger partial charge < -0.3 is 19.8 Å². The monoisotopic (exact) mass is 760 g/mol. The van der Waals surface area contributed by atoms with Crippen molar-refractivity contribution in [3.63, 3.8) is 0 Å². The first-order chi connectivity index (χ1) is 24.8. The lowest BCUT2D eigenvalue weighted by Gasteiger charge is -2.47. The van der Waals surface area contributed by atoms with Crippen LogP contribution >= 0.6 is 22.9 Å². The van der Waals surface area contributed by atoms with Crippen molar-refractivity contribution in [3.05, 3.63) is 64.4 Å². The van der Waals surface area contributed by atoms with Gasteiger partial charge in [0.1, 0.15) is 10.6 Å². The number of ether oxygens (including phenoxy) is 1. The maximum Gasteiger partial charge on any atom is 0.410 e. The number of thiazole rings is 1. The Morgan fingerprint density at radius 3 is 2.26 bits per heavy atom. The van der Waals surface area contributed by atoms with E-state index in [4.69, 9.17) is 36.5 Å². The summed E-state index contributed by atoms with van der Waals surface area (Å²) in [6.45, 7) is 16.2. The quantitative estimate of drug-likeness (QED) is 0.176. The van der Waals surface area contributed by atoms with Gasteiger partial charge in [0, 0.05) is 59.8 Å². The molecule has 2 aliphatic rings. The van der Waals surface area contributed by atoms with E-state index in [9.17, 15) is 14.7 Å². The summed E-state index contributed by atoms with van der Waals surface area (Å²) in [4.78, 5) is 38.5. The minimum atomic E-state index is -0.877. The summed E-state index contributed by atoms with van der Waals surface area (Å²) in [6.07, 6.45) is 3.50. The molecule has 2 aromatic carbocycles. The fourth-order valence-corrected chi connectivity index (χ4v) is 8.19. The molecular formula is C40H49ClN6O5S. The second-order valence-corrected chi connectivity index (χ2v) is 17.6. The third-order valence-electron chi connectivity index (χ3n) is 9.37. The zero-order chi connectivity index (χ0) is 38.4. The number of fused-ring (bicyclic) bond motifs is 2. The van der Waals surface area contributed by atoms with Crippen molar-refractivity contribution in [1.82, 2.24) is 29.5 Å². The van der Waals surface area contributed by atoms with Gasteiger partial charge >= 0.3 is 12.1 Å². The molecule has 11 nitrogen and oxygen atoms in total. The van der Waals surface area contributed by atoms with Crippen LogP contribution in [0.25, 0.3) is 42.9 Å². The molecule has 0 unspecified atom stereocenters. The molecule has 3 aromatic heterocycles. The molecule has 282 valence electrons. The lowest BCUT2D eigenvalue weighted by atomic mass is 9.90. The SMILES string of the molecule is CC(C)(C)O.Cc1cc2nc(-c3cnc4c(c3)c(C3CCN(C5CN(C(=O)OC(C)(C)C)C5)CC3)nn4C)sc2c(-c2ccc(Cl)cc2)c1CC(=O)O. The predicted octanol–water partition coefficient (Wildman–Crippen LogP) is 8.08. The number of carbonyl (C=O) groups is 2. The molecule has 13 heteroatoms. The van der Waals surface area contributed by atoms with Crippen LogP contribution < -0.4 is 0 Å². The minimum Gasteiger partial charge on any atom is -0.481 e. The second-order valence-electron chi connectivity index (χ2n) is 16.1. The largest absolute Gasteiger partial charge is 0.481 e. The Morgan fingerprint density at radius 2 is 1.66 bits per heavy atom. The van der Waals surface area contributed by atoms with Gasteiger partial charge in [-0.25, -0.2) is 14.8 Å². The number of aryl methyl sites for hydroxylation is 2. The number of carboxylic acids is 1.